The van der Waals surface area contributed by atoms with Crippen molar-refractivity contribution < 1.29 is 107 Å². The quantitative estimate of drug-likeness (QED) is 0.344. The molecule has 0 aromatic carbocycles. The molecule has 0 spiro atoms. The van der Waals surface area contributed by atoms with Gasteiger partial charge in [0.05, 0.1) is 0 Å². The minimum Gasteiger partial charge on any atom is 2.00 e. The van der Waals surface area contributed by atoms with Crippen molar-refractivity contribution in [3.63, 3.8) is 0 Å². The van der Waals surface area contributed by atoms with Gasteiger partial charge in [0.1, 0.15) is 0 Å². The predicted molar refractivity (Wildman–Crippen MR) is 13.6 cm³/mol. The normalized spacial score (nSPS) is 5.20. The standard InChI is InChI=1S/Ca.Mg.9O.3Ti.Zn/q2*+2;;;;6*-1;;;;+2. The van der Waals surface area contributed by atoms with Crippen molar-refractivity contribution in [3.05, 3.63) is 0 Å². The summed E-state index contributed by atoms with van der Waals surface area (Å²) in [6, 6.07) is 0. The van der Waals surface area contributed by atoms with E-state index in [4.69, 9.17) is 32.1 Å². The molecule has 0 aliphatic rings. The smallest absolute Gasteiger partial charge is 2.00 e. The Morgan fingerprint density at radius 2 is 0.600 bits per heavy atom. The molecule has 0 aromatic rings. The summed E-state index contributed by atoms with van der Waals surface area (Å²) in [4.78, 5) is 0. The minimum absolute atomic E-state index is 0. The van der Waals surface area contributed by atoms with E-state index in [0.717, 1.165) is 0 Å². The second-order valence-electron chi connectivity index (χ2n) is 0.750. The van der Waals surface area contributed by atoms with E-state index in [1.807, 2.05) is 0 Å². The first-order chi connectivity index (χ1) is 5.20. The molecule has 15 heteroatoms. The summed E-state index contributed by atoms with van der Waals surface area (Å²) < 4.78 is 77.2. The van der Waals surface area contributed by atoms with E-state index < -0.39 is 55.8 Å². The van der Waals surface area contributed by atoms with Crippen molar-refractivity contribution in [2.75, 3.05) is 0 Å². The Morgan fingerprint density at radius 3 is 0.600 bits per heavy atom. The summed E-state index contributed by atoms with van der Waals surface area (Å²) in [6.45, 7) is 0. The first-order valence-corrected chi connectivity index (χ1v) is 7.57. The van der Waals surface area contributed by atoms with Crippen LogP contribution in [0.15, 0.2) is 0 Å². The molecule has 0 rings (SSSR count). The van der Waals surface area contributed by atoms with Crippen molar-refractivity contribution in [3.8, 4) is 0 Å². The minimum atomic E-state index is -4.08. The summed E-state index contributed by atoms with van der Waals surface area (Å²) in [7, 11) is 0. The van der Waals surface area contributed by atoms with E-state index in [1.165, 1.54) is 0 Å². The molecule has 0 aromatic heterocycles. The maximum absolute atomic E-state index is 8.58. The molecule has 9 nitrogen and oxygen atoms in total. The summed E-state index contributed by atoms with van der Waals surface area (Å²) in [5.74, 6) is 0. The third-order valence-corrected chi connectivity index (χ3v) is 0. The van der Waals surface area contributed by atoms with Crippen LogP contribution >= 0.6 is 0 Å². The van der Waals surface area contributed by atoms with Gasteiger partial charge >= 0.3 is 168 Å². The molecule has 0 saturated heterocycles. The fraction of sp³-hybridized carbons (Fsp3) is 0. The van der Waals surface area contributed by atoms with Gasteiger partial charge in [0.2, 0.25) is 0 Å². The molecule has 0 aliphatic heterocycles. The van der Waals surface area contributed by atoms with Crippen molar-refractivity contribution in [1.82, 2.24) is 0 Å². The average molecular weight is 417 g/mol. The van der Waals surface area contributed by atoms with Crippen LogP contribution in [0.1, 0.15) is 0 Å². The van der Waals surface area contributed by atoms with Gasteiger partial charge in [-0.2, -0.15) is 0 Å². The van der Waals surface area contributed by atoms with Crippen LogP contribution in [0.5, 0.6) is 0 Å². The topological polar surface area (TPSA) is 190 Å². The molecule has 0 atom stereocenters. The Bertz CT molecular complexity index is 123. The summed E-state index contributed by atoms with van der Waals surface area (Å²) in [5, 5.41) is 0. The molecular formula is CaMgO9Ti3Zn. The molecule has 0 radical (unpaired) electrons. The molecule has 0 bridgehead atoms. The van der Waals surface area contributed by atoms with Crippen molar-refractivity contribution in [2.24, 2.45) is 0 Å². The molecule has 0 aliphatic carbocycles. The van der Waals surface area contributed by atoms with Gasteiger partial charge in [-0.25, -0.2) is 0 Å². The van der Waals surface area contributed by atoms with Crippen LogP contribution in [0.4, 0.5) is 0 Å². The number of hydrogen-bond donors (Lipinski definition) is 0. The van der Waals surface area contributed by atoms with Crippen LogP contribution in [0.3, 0.4) is 0 Å². The maximum Gasteiger partial charge on any atom is 2.00 e. The van der Waals surface area contributed by atoms with Gasteiger partial charge in [-0.15, -0.1) is 0 Å². The third kappa shape index (κ3) is 292. The Balaban J connectivity index is -0.0000000184. The molecule has 0 amide bonds. The van der Waals surface area contributed by atoms with Crippen LogP contribution in [0, 0.1) is 0 Å². The first kappa shape index (κ1) is 36.4. The molecule has 72 valence electrons. The van der Waals surface area contributed by atoms with Crippen LogP contribution in [-0.2, 0) is 85.3 Å². The summed E-state index contributed by atoms with van der Waals surface area (Å²) in [6.07, 6.45) is 0. The molecule has 0 N–H and O–H groups in total. The third-order valence-electron chi connectivity index (χ3n) is 0. The van der Waals surface area contributed by atoms with Crippen LogP contribution < -0.4 is 22.1 Å². The Labute approximate surface area is 164 Å². The van der Waals surface area contributed by atoms with Gasteiger partial charge in [0.15, 0.2) is 0 Å². The molecule has 0 saturated carbocycles. The summed E-state index contributed by atoms with van der Waals surface area (Å²) in [5.41, 5.74) is 0. The zero-order valence-electron chi connectivity index (χ0n) is 7.30. The Hall–Kier alpha value is 3.95. The van der Waals surface area contributed by atoms with E-state index in [-0.39, 0.29) is 80.3 Å². The largest absolute Gasteiger partial charge is 2.00 e. The Morgan fingerprint density at radius 1 is 0.600 bits per heavy atom. The van der Waals surface area contributed by atoms with Gasteiger partial charge in [0.25, 0.3) is 0 Å². The SMILES string of the molecule is [Ca+2].[Mg+2].[O]=[Ti]([O-])[O-].[O]=[Ti]([O-])[O-].[O]=[Ti]([O-])[O-].[Zn+2]. The van der Waals surface area contributed by atoms with E-state index in [1.54, 1.807) is 0 Å². The van der Waals surface area contributed by atoms with Gasteiger partial charge in [0, 0.05) is 0 Å². The fourth-order valence-electron chi connectivity index (χ4n) is 0. The molecular weight excluding hydrogens is 417 g/mol. The Kier molecular flexibility index (Phi) is 74.6. The van der Waals surface area contributed by atoms with Crippen molar-refractivity contribution >= 4 is 60.8 Å². The van der Waals surface area contributed by atoms with Crippen molar-refractivity contribution in [2.45, 2.75) is 0 Å². The average Bonchev–Trinajstić information content (AvgIpc) is 1.54. The zero-order valence-corrected chi connectivity index (χ0v) is 18.6. The van der Waals surface area contributed by atoms with Crippen LogP contribution in [0.2, 0.25) is 0 Å². The van der Waals surface area contributed by atoms with Crippen LogP contribution in [-0.4, -0.2) is 60.8 Å². The second kappa shape index (κ2) is 30.8. The molecule has 15 heavy (non-hydrogen) atoms. The molecule has 0 fully saturated rings. The molecule has 0 unspecified atom stereocenters. The second-order valence-corrected chi connectivity index (χ2v) is 3.09. The number of rotatable bonds is 0. The van der Waals surface area contributed by atoms with Gasteiger partial charge in [-0.1, -0.05) is 0 Å². The number of hydrogen-bond acceptors (Lipinski definition) is 9. The van der Waals surface area contributed by atoms with Crippen LogP contribution in [0.25, 0.3) is 0 Å². The van der Waals surface area contributed by atoms with Gasteiger partial charge < -0.3 is 0 Å². The maximum atomic E-state index is 8.58. The van der Waals surface area contributed by atoms with Crippen molar-refractivity contribution in [1.29, 1.82) is 0 Å². The van der Waals surface area contributed by atoms with E-state index in [2.05, 4.69) is 0 Å². The van der Waals surface area contributed by atoms with E-state index >= 15 is 0 Å². The zero-order chi connectivity index (χ0) is 10.7. The summed E-state index contributed by atoms with van der Waals surface area (Å²) >= 11 is -12.2. The monoisotopic (exact) mass is 416 g/mol. The predicted octanol–water partition coefficient (Wildman–Crippen LogP) is -8.26. The fourth-order valence-corrected chi connectivity index (χ4v) is 0. The first-order valence-electron chi connectivity index (χ1n) is 1.84. The van der Waals surface area contributed by atoms with E-state index in [9.17, 15) is 0 Å². The molecule has 0 heterocycles. The van der Waals surface area contributed by atoms with E-state index in [0.29, 0.717) is 0 Å². The van der Waals surface area contributed by atoms with Gasteiger partial charge in [-0.05, 0) is 0 Å². The van der Waals surface area contributed by atoms with Gasteiger partial charge in [-0.3, -0.25) is 0 Å².